The van der Waals surface area contributed by atoms with Crippen LogP contribution in [0, 0.1) is 6.92 Å². The number of ether oxygens (including phenoxy) is 3. The molecule has 0 aliphatic rings. The van der Waals surface area contributed by atoms with Gasteiger partial charge in [0, 0.05) is 11.8 Å². The fourth-order valence-corrected chi connectivity index (χ4v) is 3.15. The van der Waals surface area contributed by atoms with E-state index in [9.17, 15) is 4.79 Å². The molecule has 2 aromatic carbocycles. The summed E-state index contributed by atoms with van der Waals surface area (Å²) >= 11 is 0. The molecule has 0 radical (unpaired) electrons. The molecule has 0 fully saturated rings. The van der Waals surface area contributed by atoms with Crippen LogP contribution in [0.25, 0.3) is 11.5 Å². The molecule has 2 heterocycles. The van der Waals surface area contributed by atoms with Crippen LogP contribution < -0.4 is 9.47 Å². The Labute approximate surface area is 192 Å². The van der Waals surface area contributed by atoms with E-state index in [0.29, 0.717) is 41.9 Å². The third-order valence-corrected chi connectivity index (χ3v) is 4.87. The zero-order valence-corrected chi connectivity index (χ0v) is 18.5. The van der Waals surface area contributed by atoms with Gasteiger partial charge < -0.3 is 18.6 Å². The van der Waals surface area contributed by atoms with Crippen LogP contribution in [0.15, 0.2) is 77.3 Å². The van der Waals surface area contributed by atoms with Gasteiger partial charge in [-0.25, -0.2) is 9.78 Å². The molecule has 7 heteroatoms. The summed E-state index contributed by atoms with van der Waals surface area (Å²) in [5, 5.41) is 0. The number of esters is 1. The predicted molar refractivity (Wildman–Crippen MR) is 122 cm³/mol. The highest BCUT2D eigenvalue weighted by Gasteiger charge is 2.14. The smallest absolute Gasteiger partial charge is 0.340 e. The van der Waals surface area contributed by atoms with Gasteiger partial charge in [-0.3, -0.25) is 4.98 Å². The highest BCUT2D eigenvalue weighted by Crippen LogP contribution is 2.24. The molecule has 0 N–H and O–H groups in total. The summed E-state index contributed by atoms with van der Waals surface area (Å²) in [5.41, 5.74) is 2.59. The zero-order valence-electron chi connectivity index (χ0n) is 18.5. The molecule has 0 saturated carbocycles. The molecule has 168 valence electrons. The van der Waals surface area contributed by atoms with Crippen molar-refractivity contribution in [3.05, 3.63) is 95.6 Å². The minimum atomic E-state index is -0.411. The predicted octanol–water partition coefficient (Wildman–Crippen LogP) is 5.38. The maximum absolute atomic E-state index is 12.1. The Morgan fingerprint density at radius 2 is 1.55 bits per heavy atom. The Bertz CT molecular complexity index is 1200. The van der Waals surface area contributed by atoms with E-state index < -0.39 is 5.97 Å². The van der Waals surface area contributed by atoms with Crippen molar-refractivity contribution in [3.63, 3.8) is 0 Å². The maximum atomic E-state index is 12.1. The average Bonchev–Trinajstić information content (AvgIpc) is 3.23. The molecule has 4 rings (SSSR count). The monoisotopic (exact) mass is 444 g/mol. The van der Waals surface area contributed by atoms with Crippen molar-refractivity contribution in [2.75, 3.05) is 6.61 Å². The third-order valence-electron chi connectivity index (χ3n) is 4.87. The van der Waals surface area contributed by atoms with Gasteiger partial charge in [0.15, 0.2) is 0 Å². The third kappa shape index (κ3) is 5.57. The summed E-state index contributed by atoms with van der Waals surface area (Å²) in [6.07, 6.45) is 1.62. The molecular formula is C26H24N2O5. The number of benzene rings is 2. The van der Waals surface area contributed by atoms with Gasteiger partial charge in [0.2, 0.25) is 5.89 Å². The number of oxazole rings is 1. The summed E-state index contributed by atoms with van der Waals surface area (Å²) in [6.45, 7) is 4.38. The molecule has 0 spiro atoms. The maximum Gasteiger partial charge on any atom is 0.340 e. The van der Waals surface area contributed by atoms with Crippen molar-refractivity contribution in [1.82, 2.24) is 9.97 Å². The Morgan fingerprint density at radius 1 is 0.879 bits per heavy atom. The van der Waals surface area contributed by atoms with Crippen molar-refractivity contribution < 1.29 is 23.4 Å². The fraction of sp³-hybridized carbons (Fsp3) is 0.192. The average molecular weight is 444 g/mol. The van der Waals surface area contributed by atoms with E-state index in [0.717, 1.165) is 17.0 Å². The van der Waals surface area contributed by atoms with E-state index in [1.807, 2.05) is 49.4 Å². The first-order chi connectivity index (χ1) is 16.1. The van der Waals surface area contributed by atoms with E-state index in [1.54, 1.807) is 37.4 Å². The van der Waals surface area contributed by atoms with Crippen molar-refractivity contribution in [1.29, 1.82) is 0 Å². The van der Waals surface area contributed by atoms with Crippen LogP contribution in [0.1, 0.15) is 34.4 Å². The molecule has 0 amide bonds. The van der Waals surface area contributed by atoms with Crippen molar-refractivity contribution >= 4 is 5.97 Å². The number of hydrogen-bond acceptors (Lipinski definition) is 7. The Morgan fingerprint density at radius 3 is 2.21 bits per heavy atom. The second-order valence-electron chi connectivity index (χ2n) is 7.15. The van der Waals surface area contributed by atoms with Gasteiger partial charge in [-0.2, -0.15) is 0 Å². The lowest BCUT2D eigenvalue weighted by atomic mass is 10.2. The van der Waals surface area contributed by atoms with Gasteiger partial charge in [0.05, 0.1) is 17.9 Å². The SMILES string of the molecule is CCOC(=O)c1cccnc1COc1ccc(OCc2nc(-c3ccccc3)oc2C)cc1. The summed E-state index contributed by atoms with van der Waals surface area (Å²) in [6, 6.07) is 20.3. The number of carbonyl (C=O) groups is 1. The van der Waals surface area contributed by atoms with Crippen molar-refractivity contribution in [3.8, 4) is 23.0 Å². The van der Waals surface area contributed by atoms with Gasteiger partial charge >= 0.3 is 5.97 Å². The summed E-state index contributed by atoms with van der Waals surface area (Å²) < 4.78 is 22.5. The van der Waals surface area contributed by atoms with Crippen molar-refractivity contribution in [2.45, 2.75) is 27.1 Å². The van der Waals surface area contributed by atoms with Crippen LogP contribution in [0.5, 0.6) is 11.5 Å². The lowest BCUT2D eigenvalue weighted by Gasteiger charge is -2.10. The number of nitrogens with zero attached hydrogens (tertiary/aromatic N) is 2. The van der Waals surface area contributed by atoms with Gasteiger partial charge in [0.1, 0.15) is 36.2 Å². The first kappa shape index (κ1) is 22.1. The minimum absolute atomic E-state index is 0.148. The number of rotatable bonds is 9. The molecule has 4 aromatic rings. The zero-order chi connectivity index (χ0) is 23.0. The highest BCUT2D eigenvalue weighted by molar-refractivity contribution is 5.90. The molecular weight excluding hydrogens is 420 g/mol. The summed E-state index contributed by atoms with van der Waals surface area (Å²) in [5.74, 6) is 2.20. The van der Waals surface area contributed by atoms with E-state index in [2.05, 4.69) is 9.97 Å². The second kappa shape index (κ2) is 10.5. The minimum Gasteiger partial charge on any atom is -0.487 e. The number of carbonyl (C=O) groups excluding carboxylic acids is 1. The standard InChI is InChI=1S/C26H24N2O5/c1-3-30-26(29)22-10-7-15-27-24(22)17-32-21-13-11-20(12-14-21)31-16-23-18(2)33-25(28-23)19-8-5-4-6-9-19/h4-15H,3,16-17H2,1-2H3. The number of aryl methyl sites for hydroxylation is 1. The van der Waals surface area contributed by atoms with Crippen LogP contribution in [0.3, 0.4) is 0 Å². The Hall–Kier alpha value is -4.13. The van der Waals surface area contributed by atoms with E-state index in [-0.39, 0.29) is 6.61 Å². The largest absolute Gasteiger partial charge is 0.487 e. The van der Waals surface area contributed by atoms with Crippen LogP contribution in [0.4, 0.5) is 0 Å². The molecule has 0 atom stereocenters. The summed E-state index contributed by atoms with van der Waals surface area (Å²) in [7, 11) is 0. The summed E-state index contributed by atoms with van der Waals surface area (Å²) in [4.78, 5) is 20.9. The molecule has 0 aliphatic heterocycles. The van der Waals surface area contributed by atoms with Crippen LogP contribution in [0.2, 0.25) is 0 Å². The second-order valence-corrected chi connectivity index (χ2v) is 7.15. The normalized spacial score (nSPS) is 10.6. The van der Waals surface area contributed by atoms with Gasteiger partial charge in [-0.05, 0) is 62.4 Å². The van der Waals surface area contributed by atoms with E-state index in [1.165, 1.54) is 0 Å². The number of pyridine rings is 1. The topological polar surface area (TPSA) is 83.7 Å². The number of hydrogen-bond donors (Lipinski definition) is 0. The lowest BCUT2D eigenvalue weighted by molar-refractivity contribution is 0.0522. The van der Waals surface area contributed by atoms with Crippen LogP contribution in [-0.4, -0.2) is 22.5 Å². The Kier molecular flexibility index (Phi) is 6.99. The molecule has 7 nitrogen and oxygen atoms in total. The molecule has 33 heavy (non-hydrogen) atoms. The molecule has 0 bridgehead atoms. The highest BCUT2D eigenvalue weighted by atomic mass is 16.5. The number of aromatic nitrogens is 2. The molecule has 0 unspecified atom stereocenters. The van der Waals surface area contributed by atoms with Gasteiger partial charge in [0.25, 0.3) is 0 Å². The first-order valence-corrected chi connectivity index (χ1v) is 10.6. The fourth-order valence-electron chi connectivity index (χ4n) is 3.15. The molecule has 0 aliphatic carbocycles. The van der Waals surface area contributed by atoms with Crippen LogP contribution >= 0.6 is 0 Å². The van der Waals surface area contributed by atoms with Crippen molar-refractivity contribution in [2.24, 2.45) is 0 Å². The van der Waals surface area contributed by atoms with E-state index in [4.69, 9.17) is 18.6 Å². The van der Waals surface area contributed by atoms with Gasteiger partial charge in [-0.15, -0.1) is 0 Å². The Balaban J connectivity index is 1.34. The van der Waals surface area contributed by atoms with Crippen LogP contribution in [-0.2, 0) is 18.0 Å². The molecule has 2 aromatic heterocycles. The van der Waals surface area contributed by atoms with Gasteiger partial charge in [-0.1, -0.05) is 18.2 Å². The molecule has 0 saturated heterocycles. The lowest BCUT2D eigenvalue weighted by Crippen LogP contribution is -2.11. The quantitative estimate of drug-likeness (QED) is 0.321. The first-order valence-electron chi connectivity index (χ1n) is 10.6. The van der Waals surface area contributed by atoms with E-state index >= 15 is 0 Å².